The van der Waals surface area contributed by atoms with Gasteiger partial charge in [-0.3, -0.25) is 4.79 Å². The second-order valence-electron chi connectivity index (χ2n) is 5.01. The van der Waals surface area contributed by atoms with Crippen molar-refractivity contribution in [3.63, 3.8) is 0 Å². The number of carbonyl (C=O) groups is 1. The lowest BCUT2D eigenvalue weighted by atomic mass is 9.82. The van der Waals surface area contributed by atoms with Crippen LogP contribution >= 0.6 is 12.4 Å². The molecule has 0 saturated carbocycles. The highest BCUT2D eigenvalue weighted by atomic mass is 35.5. The summed E-state index contributed by atoms with van der Waals surface area (Å²) in [6.07, 6.45) is 0. The Balaban J connectivity index is 0.00000289. The van der Waals surface area contributed by atoms with Crippen molar-refractivity contribution in [1.29, 1.82) is 0 Å². The molecule has 3 nitrogen and oxygen atoms in total. The van der Waals surface area contributed by atoms with Crippen LogP contribution in [0.4, 0.5) is 0 Å². The summed E-state index contributed by atoms with van der Waals surface area (Å²) in [4.78, 5) is 11.4. The van der Waals surface area contributed by atoms with E-state index in [9.17, 15) is 4.79 Å². The Labute approximate surface area is 116 Å². The van der Waals surface area contributed by atoms with E-state index in [0.29, 0.717) is 13.1 Å². The van der Waals surface area contributed by atoms with Crippen LogP contribution in [0, 0.1) is 6.92 Å². The first-order chi connectivity index (χ1) is 7.97. The van der Waals surface area contributed by atoms with Crippen molar-refractivity contribution >= 4 is 18.3 Å². The van der Waals surface area contributed by atoms with E-state index in [1.165, 1.54) is 11.1 Å². The van der Waals surface area contributed by atoms with Gasteiger partial charge in [-0.1, -0.05) is 38.1 Å². The van der Waals surface area contributed by atoms with Crippen LogP contribution < -0.4 is 10.6 Å². The lowest BCUT2D eigenvalue weighted by molar-refractivity contribution is -0.120. The van der Waals surface area contributed by atoms with Crippen molar-refractivity contribution in [2.75, 3.05) is 20.1 Å². The van der Waals surface area contributed by atoms with E-state index in [1.807, 2.05) is 12.1 Å². The Morgan fingerprint density at radius 2 is 1.89 bits per heavy atom. The average molecular weight is 271 g/mol. The Hall–Kier alpha value is -1.06. The molecule has 102 valence electrons. The summed E-state index contributed by atoms with van der Waals surface area (Å²) in [7, 11) is 1.77. The number of amides is 1. The Morgan fingerprint density at radius 3 is 2.44 bits per heavy atom. The number of aryl methyl sites for hydroxylation is 1. The number of nitrogens with one attached hydrogen (secondary N) is 2. The molecule has 2 N–H and O–H groups in total. The molecule has 0 heterocycles. The molecular weight excluding hydrogens is 248 g/mol. The predicted molar refractivity (Wildman–Crippen MR) is 78.4 cm³/mol. The summed E-state index contributed by atoms with van der Waals surface area (Å²) in [5, 5.41) is 5.79. The molecule has 18 heavy (non-hydrogen) atoms. The van der Waals surface area contributed by atoms with E-state index in [0.717, 1.165) is 0 Å². The fraction of sp³-hybridized carbons (Fsp3) is 0.500. The fourth-order valence-corrected chi connectivity index (χ4v) is 1.97. The molecule has 1 aromatic carbocycles. The first kappa shape index (κ1) is 16.9. The van der Waals surface area contributed by atoms with Gasteiger partial charge in [-0.25, -0.2) is 0 Å². The summed E-state index contributed by atoms with van der Waals surface area (Å²) < 4.78 is 0. The van der Waals surface area contributed by atoms with Crippen molar-refractivity contribution in [2.24, 2.45) is 0 Å². The third kappa shape index (κ3) is 4.67. The van der Waals surface area contributed by atoms with Gasteiger partial charge in [0.15, 0.2) is 0 Å². The Kier molecular flexibility index (Phi) is 6.96. The summed E-state index contributed by atoms with van der Waals surface area (Å²) >= 11 is 0. The van der Waals surface area contributed by atoms with Crippen LogP contribution in [0.1, 0.15) is 25.0 Å². The van der Waals surface area contributed by atoms with Gasteiger partial charge in [-0.2, -0.15) is 0 Å². The topological polar surface area (TPSA) is 41.1 Å². The molecule has 1 amide bonds. The van der Waals surface area contributed by atoms with E-state index >= 15 is 0 Å². The molecule has 0 aliphatic rings. The molecule has 0 aliphatic carbocycles. The molecule has 0 unspecified atom stereocenters. The number of benzene rings is 1. The highest BCUT2D eigenvalue weighted by molar-refractivity contribution is 5.85. The monoisotopic (exact) mass is 270 g/mol. The van der Waals surface area contributed by atoms with Gasteiger partial charge in [0.1, 0.15) is 0 Å². The van der Waals surface area contributed by atoms with Crippen LogP contribution in [-0.2, 0) is 10.2 Å². The first-order valence-corrected chi connectivity index (χ1v) is 5.95. The molecule has 1 aromatic rings. The minimum atomic E-state index is -0.0469. The zero-order valence-electron chi connectivity index (χ0n) is 11.5. The second-order valence-corrected chi connectivity index (χ2v) is 5.01. The molecule has 0 atom stereocenters. The molecule has 0 fully saturated rings. The maximum Gasteiger partial charge on any atom is 0.233 e. The molecule has 1 rings (SSSR count). The van der Waals surface area contributed by atoms with Crippen LogP contribution in [0.5, 0.6) is 0 Å². The van der Waals surface area contributed by atoms with Gasteiger partial charge >= 0.3 is 0 Å². The van der Waals surface area contributed by atoms with E-state index in [4.69, 9.17) is 0 Å². The minimum Gasteiger partial charge on any atom is -0.354 e. The van der Waals surface area contributed by atoms with Crippen molar-refractivity contribution in [3.8, 4) is 0 Å². The Morgan fingerprint density at radius 1 is 1.28 bits per heavy atom. The molecule has 0 spiro atoms. The van der Waals surface area contributed by atoms with E-state index in [-0.39, 0.29) is 23.7 Å². The number of rotatable bonds is 5. The molecule has 4 heteroatoms. The van der Waals surface area contributed by atoms with Gasteiger partial charge in [0.2, 0.25) is 5.91 Å². The maximum atomic E-state index is 11.4. The number of hydrogen-bond acceptors (Lipinski definition) is 2. The normalized spacial score (nSPS) is 10.7. The lowest BCUT2D eigenvalue weighted by Gasteiger charge is -2.27. The van der Waals surface area contributed by atoms with Crippen LogP contribution in [0.2, 0.25) is 0 Å². The largest absolute Gasteiger partial charge is 0.354 e. The van der Waals surface area contributed by atoms with E-state index in [1.54, 1.807) is 7.05 Å². The molecule has 0 bridgehead atoms. The average Bonchev–Trinajstić information content (AvgIpc) is 2.27. The van der Waals surface area contributed by atoms with E-state index in [2.05, 4.69) is 43.5 Å². The van der Waals surface area contributed by atoms with E-state index < -0.39 is 0 Å². The standard InChI is InChI=1S/C14H22N2O.ClH/c1-11-7-5-6-8-12(11)14(2,3)10-16-13(17)9-15-4;/h5-8,15H,9-10H2,1-4H3,(H,16,17);1H. The lowest BCUT2D eigenvalue weighted by Crippen LogP contribution is -2.40. The van der Waals surface area contributed by atoms with Crippen LogP contribution in [0.25, 0.3) is 0 Å². The Bertz CT molecular complexity index is 391. The zero-order valence-corrected chi connectivity index (χ0v) is 12.4. The number of likely N-dealkylation sites (N-methyl/N-ethyl adjacent to an activating group) is 1. The zero-order chi connectivity index (χ0) is 12.9. The summed E-state index contributed by atoms with van der Waals surface area (Å²) in [5.74, 6) is 0.0363. The second kappa shape index (κ2) is 7.39. The van der Waals surface area contributed by atoms with Gasteiger partial charge in [0.25, 0.3) is 0 Å². The van der Waals surface area contributed by atoms with Crippen molar-refractivity contribution < 1.29 is 4.79 Å². The molecule has 0 aliphatic heterocycles. The number of halogens is 1. The fourth-order valence-electron chi connectivity index (χ4n) is 1.97. The van der Waals surface area contributed by atoms with Crippen LogP contribution in [0.3, 0.4) is 0 Å². The third-order valence-corrected chi connectivity index (χ3v) is 2.94. The van der Waals surface area contributed by atoms with Crippen LogP contribution in [-0.4, -0.2) is 26.0 Å². The summed E-state index contributed by atoms with van der Waals surface area (Å²) in [6, 6.07) is 8.31. The number of carbonyl (C=O) groups excluding carboxylic acids is 1. The molecule has 0 saturated heterocycles. The van der Waals surface area contributed by atoms with Crippen molar-refractivity contribution in [2.45, 2.75) is 26.2 Å². The first-order valence-electron chi connectivity index (χ1n) is 5.95. The molecular formula is C14H23ClN2O. The van der Waals surface area contributed by atoms with Crippen molar-refractivity contribution in [3.05, 3.63) is 35.4 Å². The summed E-state index contributed by atoms with van der Waals surface area (Å²) in [6.45, 7) is 7.42. The number of hydrogen-bond donors (Lipinski definition) is 2. The van der Waals surface area contributed by atoms with Gasteiger partial charge in [-0.15, -0.1) is 12.4 Å². The van der Waals surface area contributed by atoms with Gasteiger partial charge in [0, 0.05) is 12.0 Å². The minimum absolute atomic E-state index is 0. The summed E-state index contributed by atoms with van der Waals surface area (Å²) in [5.41, 5.74) is 2.50. The highest BCUT2D eigenvalue weighted by Crippen LogP contribution is 2.25. The van der Waals surface area contributed by atoms with Crippen LogP contribution in [0.15, 0.2) is 24.3 Å². The van der Waals surface area contributed by atoms with Gasteiger partial charge in [-0.05, 0) is 25.1 Å². The molecule has 0 aromatic heterocycles. The van der Waals surface area contributed by atoms with Gasteiger partial charge < -0.3 is 10.6 Å². The molecule has 0 radical (unpaired) electrons. The predicted octanol–water partition coefficient (Wildman–Crippen LogP) is 2.03. The highest BCUT2D eigenvalue weighted by Gasteiger charge is 2.22. The smallest absolute Gasteiger partial charge is 0.233 e. The quantitative estimate of drug-likeness (QED) is 0.860. The maximum absolute atomic E-state index is 11.4. The SMILES string of the molecule is CNCC(=O)NCC(C)(C)c1ccccc1C.Cl. The third-order valence-electron chi connectivity index (χ3n) is 2.94. The van der Waals surface area contributed by atoms with Gasteiger partial charge in [0.05, 0.1) is 6.54 Å². The van der Waals surface area contributed by atoms with Crippen molar-refractivity contribution in [1.82, 2.24) is 10.6 Å².